The average molecular weight is 301 g/mol. The summed E-state index contributed by atoms with van der Waals surface area (Å²) in [5.41, 5.74) is 6.28. The van der Waals surface area contributed by atoms with Crippen LogP contribution in [0.4, 0.5) is 8.78 Å². The van der Waals surface area contributed by atoms with E-state index in [4.69, 9.17) is 10.5 Å². The lowest BCUT2D eigenvalue weighted by Gasteiger charge is -2.24. The summed E-state index contributed by atoms with van der Waals surface area (Å²) in [6.07, 6.45) is 0.608. The average Bonchev–Trinajstić information content (AvgIpc) is 2.14. The molecule has 1 heterocycles. The van der Waals surface area contributed by atoms with Gasteiger partial charge in [-0.2, -0.15) is 4.39 Å². The first-order valence-electron chi connectivity index (χ1n) is 4.17. The van der Waals surface area contributed by atoms with Gasteiger partial charge in [0.25, 0.3) is 0 Å². The van der Waals surface area contributed by atoms with Crippen LogP contribution < -0.4 is 10.5 Å². The summed E-state index contributed by atoms with van der Waals surface area (Å²) in [5, 5.41) is 0. The first-order valence-corrected chi connectivity index (χ1v) is 4.96. The molecule has 0 aromatic heterocycles. The minimum atomic E-state index is -0.960. The van der Waals surface area contributed by atoms with E-state index in [0.717, 1.165) is 6.07 Å². The van der Waals surface area contributed by atoms with Crippen molar-refractivity contribution in [1.82, 2.24) is 0 Å². The van der Waals surface area contributed by atoms with Crippen LogP contribution in [0.15, 0.2) is 10.5 Å². The molecule has 0 radical (unpaired) electrons. The van der Waals surface area contributed by atoms with E-state index in [1.807, 2.05) is 0 Å². The molecule has 0 unspecified atom stereocenters. The minimum absolute atomic E-state index is 0. The van der Waals surface area contributed by atoms with Gasteiger partial charge in [0.1, 0.15) is 0 Å². The van der Waals surface area contributed by atoms with Gasteiger partial charge < -0.3 is 10.5 Å². The fraction of sp³-hybridized carbons (Fsp3) is 0.333. The van der Waals surface area contributed by atoms with Crippen molar-refractivity contribution in [2.75, 3.05) is 6.61 Å². The molecular weight excluding hydrogens is 291 g/mol. The second-order valence-corrected chi connectivity index (χ2v) is 3.99. The zero-order chi connectivity index (χ0) is 10.3. The van der Waals surface area contributed by atoms with Gasteiger partial charge in [-0.05, 0) is 6.07 Å². The molecule has 2 N–H and O–H groups in total. The van der Waals surface area contributed by atoms with Crippen LogP contribution >= 0.6 is 28.3 Å². The third-order valence-electron chi connectivity index (χ3n) is 2.21. The Morgan fingerprint density at radius 3 is 2.80 bits per heavy atom. The van der Waals surface area contributed by atoms with E-state index < -0.39 is 11.6 Å². The van der Waals surface area contributed by atoms with Crippen LogP contribution in [-0.2, 0) is 0 Å². The summed E-state index contributed by atoms with van der Waals surface area (Å²) in [6.45, 7) is 0.320. The Morgan fingerprint density at radius 1 is 1.47 bits per heavy atom. The summed E-state index contributed by atoms with van der Waals surface area (Å²) in [4.78, 5) is 0. The van der Waals surface area contributed by atoms with Crippen molar-refractivity contribution in [3.63, 3.8) is 0 Å². The van der Waals surface area contributed by atoms with Crippen LogP contribution in [0.1, 0.15) is 18.0 Å². The van der Waals surface area contributed by atoms with Crippen LogP contribution in [0.5, 0.6) is 5.75 Å². The molecule has 0 bridgehead atoms. The number of hydrogen-bond donors (Lipinski definition) is 1. The SMILES string of the molecule is Cl.N[C@@H]1CCOc2c(F)c(F)cc(Br)c21. The second-order valence-electron chi connectivity index (χ2n) is 3.14. The Morgan fingerprint density at radius 2 is 2.13 bits per heavy atom. The summed E-state index contributed by atoms with van der Waals surface area (Å²) in [7, 11) is 0. The zero-order valence-electron chi connectivity index (χ0n) is 7.60. The van der Waals surface area contributed by atoms with Gasteiger partial charge in [0.05, 0.1) is 6.61 Å². The molecule has 1 aliphatic rings. The molecule has 1 atom stereocenters. The van der Waals surface area contributed by atoms with Gasteiger partial charge in [-0.1, -0.05) is 15.9 Å². The molecule has 2 rings (SSSR count). The molecule has 2 nitrogen and oxygen atoms in total. The molecule has 15 heavy (non-hydrogen) atoms. The van der Waals surface area contributed by atoms with Crippen LogP contribution in [0, 0.1) is 11.6 Å². The number of ether oxygens (including phenoxy) is 1. The number of halogens is 4. The van der Waals surface area contributed by atoms with E-state index in [1.54, 1.807) is 0 Å². The Hall–Kier alpha value is -0.390. The summed E-state index contributed by atoms with van der Waals surface area (Å²) in [5.74, 6) is -1.95. The third-order valence-corrected chi connectivity index (χ3v) is 2.87. The summed E-state index contributed by atoms with van der Waals surface area (Å²) in [6, 6.07) is 0.770. The van der Waals surface area contributed by atoms with Gasteiger partial charge in [-0.3, -0.25) is 0 Å². The maximum absolute atomic E-state index is 13.3. The highest BCUT2D eigenvalue weighted by atomic mass is 79.9. The fourth-order valence-corrected chi connectivity index (χ4v) is 2.18. The number of hydrogen-bond acceptors (Lipinski definition) is 2. The molecule has 0 aliphatic carbocycles. The molecule has 6 heteroatoms. The third kappa shape index (κ3) is 2.09. The van der Waals surface area contributed by atoms with Crippen molar-refractivity contribution in [2.24, 2.45) is 5.73 Å². The van der Waals surface area contributed by atoms with Crippen molar-refractivity contribution in [1.29, 1.82) is 0 Å². The van der Waals surface area contributed by atoms with Crippen molar-refractivity contribution in [3.05, 3.63) is 27.7 Å². The van der Waals surface area contributed by atoms with Crippen molar-refractivity contribution < 1.29 is 13.5 Å². The number of fused-ring (bicyclic) bond motifs is 1. The van der Waals surface area contributed by atoms with Gasteiger partial charge in [0, 0.05) is 22.5 Å². The van der Waals surface area contributed by atoms with E-state index >= 15 is 0 Å². The largest absolute Gasteiger partial charge is 0.490 e. The van der Waals surface area contributed by atoms with Crippen LogP contribution in [0.3, 0.4) is 0 Å². The van der Waals surface area contributed by atoms with Crippen LogP contribution in [0.2, 0.25) is 0 Å². The highest BCUT2D eigenvalue weighted by Crippen LogP contribution is 2.39. The van der Waals surface area contributed by atoms with Crippen LogP contribution in [0.25, 0.3) is 0 Å². The topological polar surface area (TPSA) is 35.2 Å². The predicted octanol–water partition coefficient (Wildman–Crippen LogP) is 2.93. The Labute approximate surface area is 100 Å². The molecule has 0 spiro atoms. The monoisotopic (exact) mass is 299 g/mol. The van der Waals surface area contributed by atoms with Gasteiger partial charge in [0.2, 0.25) is 5.82 Å². The fourth-order valence-electron chi connectivity index (χ4n) is 1.51. The maximum atomic E-state index is 13.3. The Bertz CT molecular complexity index is 389. The predicted molar refractivity (Wildman–Crippen MR) is 58.3 cm³/mol. The minimum Gasteiger partial charge on any atom is -0.490 e. The quantitative estimate of drug-likeness (QED) is 0.748. The molecule has 0 amide bonds. The number of benzene rings is 1. The Kier molecular flexibility index (Phi) is 3.92. The van der Waals surface area contributed by atoms with Crippen molar-refractivity contribution in [3.8, 4) is 5.75 Å². The highest BCUT2D eigenvalue weighted by Gasteiger charge is 2.26. The van der Waals surface area contributed by atoms with E-state index in [-0.39, 0.29) is 24.2 Å². The molecule has 0 saturated carbocycles. The molecule has 1 aliphatic heterocycles. The van der Waals surface area contributed by atoms with Gasteiger partial charge in [-0.25, -0.2) is 4.39 Å². The van der Waals surface area contributed by atoms with Gasteiger partial charge in [0.15, 0.2) is 11.6 Å². The van der Waals surface area contributed by atoms with E-state index in [1.165, 1.54) is 0 Å². The lowest BCUT2D eigenvalue weighted by molar-refractivity contribution is 0.250. The van der Waals surface area contributed by atoms with Crippen molar-refractivity contribution >= 4 is 28.3 Å². The molecular formula is C9H9BrClF2NO. The summed E-state index contributed by atoms with van der Waals surface area (Å²) >= 11 is 3.14. The number of rotatable bonds is 0. The molecule has 84 valence electrons. The maximum Gasteiger partial charge on any atom is 0.201 e. The standard InChI is InChI=1S/C9H8BrF2NO.ClH/c10-4-3-5(11)8(12)9-7(4)6(13)1-2-14-9;/h3,6H,1-2,13H2;1H/t6-;/m1./s1. The molecule has 0 saturated heterocycles. The lowest BCUT2D eigenvalue weighted by atomic mass is 10.0. The first-order chi connectivity index (χ1) is 6.61. The van der Waals surface area contributed by atoms with E-state index in [0.29, 0.717) is 23.1 Å². The molecule has 0 fully saturated rings. The lowest BCUT2D eigenvalue weighted by Crippen LogP contribution is -2.22. The molecule has 1 aromatic rings. The van der Waals surface area contributed by atoms with Gasteiger partial charge >= 0.3 is 0 Å². The normalized spacial score (nSPS) is 18.8. The first kappa shape index (κ1) is 12.7. The second kappa shape index (κ2) is 4.63. The molecule has 1 aromatic carbocycles. The van der Waals surface area contributed by atoms with E-state index in [2.05, 4.69) is 15.9 Å². The highest BCUT2D eigenvalue weighted by molar-refractivity contribution is 9.10. The van der Waals surface area contributed by atoms with Gasteiger partial charge in [-0.15, -0.1) is 12.4 Å². The number of nitrogens with two attached hydrogens (primary N) is 1. The van der Waals surface area contributed by atoms with Crippen LogP contribution in [-0.4, -0.2) is 6.61 Å². The summed E-state index contributed by atoms with van der Waals surface area (Å²) < 4.78 is 31.7. The van der Waals surface area contributed by atoms with E-state index in [9.17, 15) is 8.78 Å². The smallest absolute Gasteiger partial charge is 0.201 e. The van der Waals surface area contributed by atoms with Crippen molar-refractivity contribution in [2.45, 2.75) is 12.5 Å². The Balaban J connectivity index is 0.00000112. The zero-order valence-corrected chi connectivity index (χ0v) is 10.00.